The molecule has 0 atom stereocenters. The largest absolute Gasteiger partial charge is 0.481 e. The Morgan fingerprint density at radius 3 is 1.76 bits per heavy atom. The lowest BCUT2D eigenvalue weighted by molar-refractivity contribution is -0.139. The first-order chi connectivity index (χ1) is 7.88. The summed E-state index contributed by atoms with van der Waals surface area (Å²) in [5.74, 6) is -2.42. The summed E-state index contributed by atoms with van der Waals surface area (Å²) in [6.07, 6.45) is -0.315. The van der Waals surface area contributed by atoms with Crippen molar-refractivity contribution >= 4 is 11.9 Å². The van der Waals surface area contributed by atoms with Gasteiger partial charge in [-0.2, -0.15) is 0 Å². The monoisotopic (exact) mass is 236 g/mol. The molecule has 0 radical (unpaired) electrons. The number of hydrogen-bond donors (Lipinski definition) is 2. The van der Waals surface area contributed by atoms with Gasteiger partial charge in [0, 0.05) is 5.92 Å². The molecule has 92 valence electrons. The van der Waals surface area contributed by atoms with E-state index in [2.05, 4.69) is 0 Å². The number of carbonyl (C=O) groups is 2. The summed E-state index contributed by atoms with van der Waals surface area (Å²) < 4.78 is 0. The van der Waals surface area contributed by atoms with Gasteiger partial charge in [-0.1, -0.05) is 29.3 Å². The van der Waals surface area contributed by atoms with Crippen molar-refractivity contribution in [2.75, 3.05) is 0 Å². The van der Waals surface area contributed by atoms with Crippen LogP contribution < -0.4 is 0 Å². The Morgan fingerprint density at radius 1 is 1.00 bits per heavy atom. The molecule has 0 saturated heterocycles. The Morgan fingerprint density at radius 2 is 1.41 bits per heavy atom. The quantitative estimate of drug-likeness (QED) is 0.822. The topological polar surface area (TPSA) is 74.6 Å². The summed E-state index contributed by atoms with van der Waals surface area (Å²) in [4.78, 5) is 21.5. The summed E-state index contributed by atoms with van der Waals surface area (Å²) in [6, 6.07) is 5.68. The van der Waals surface area contributed by atoms with Crippen molar-refractivity contribution in [3.8, 4) is 0 Å². The average molecular weight is 236 g/mol. The molecule has 0 amide bonds. The van der Waals surface area contributed by atoms with Crippen LogP contribution in [0.15, 0.2) is 18.2 Å². The SMILES string of the molecule is Cc1cc(C)cc(C(CC(=O)O)CC(=O)O)c1. The van der Waals surface area contributed by atoms with Crippen LogP contribution in [0.3, 0.4) is 0 Å². The van der Waals surface area contributed by atoms with Gasteiger partial charge in [-0.25, -0.2) is 0 Å². The van der Waals surface area contributed by atoms with Gasteiger partial charge in [0.25, 0.3) is 0 Å². The average Bonchev–Trinajstić information content (AvgIpc) is 2.13. The summed E-state index contributed by atoms with van der Waals surface area (Å²) >= 11 is 0. The van der Waals surface area contributed by atoms with Crippen molar-refractivity contribution in [1.29, 1.82) is 0 Å². The molecule has 1 aromatic rings. The van der Waals surface area contributed by atoms with E-state index in [0.717, 1.165) is 16.7 Å². The number of carboxylic acid groups (broad SMARTS) is 2. The zero-order chi connectivity index (χ0) is 13.0. The van der Waals surface area contributed by atoms with Crippen LogP contribution in [-0.2, 0) is 9.59 Å². The highest BCUT2D eigenvalue weighted by atomic mass is 16.4. The Labute approximate surface area is 99.9 Å². The fraction of sp³-hybridized carbons (Fsp3) is 0.385. The maximum Gasteiger partial charge on any atom is 0.303 e. The highest BCUT2D eigenvalue weighted by Gasteiger charge is 2.19. The van der Waals surface area contributed by atoms with Crippen LogP contribution >= 0.6 is 0 Å². The number of aryl methyl sites for hydroxylation is 2. The molecule has 0 aromatic heterocycles. The maximum atomic E-state index is 10.7. The molecule has 0 fully saturated rings. The lowest BCUT2D eigenvalue weighted by atomic mass is 9.90. The van der Waals surface area contributed by atoms with Crippen molar-refractivity contribution in [1.82, 2.24) is 0 Å². The van der Waals surface area contributed by atoms with Crippen molar-refractivity contribution in [2.45, 2.75) is 32.6 Å². The molecule has 0 aliphatic heterocycles. The van der Waals surface area contributed by atoms with Gasteiger partial charge in [0.1, 0.15) is 0 Å². The third-order valence-corrected chi connectivity index (χ3v) is 2.56. The van der Waals surface area contributed by atoms with Crippen LogP contribution in [0.1, 0.15) is 35.4 Å². The zero-order valence-electron chi connectivity index (χ0n) is 9.93. The minimum absolute atomic E-state index is 0.158. The molecule has 0 aliphatic carbocycles. The van der Waals surface area contributed by atoms with Gasteiger partial charge in [0.2, 0.25) is 0 Å². The second-order valence-corrected chi connectivity index (χ2v) is 4.31. The van der Waals surface area contributed by atoms with E-state index in [1.54, 1.807) is 0 Å². The molecule has 0 bridgehead atoms. The van der Waals surface area contributed by atoms with E-state index in [0.29, 0.717) is 0 Å². The molecule has 1 aromatic carbocycles. The van der Waals surface area contributed by atoms with E-state index in [-0.39, 0.29) is 12.8 Å². The van der Waals surface area contributed by atoms with Gasteiger partial charge in [-0.3, -0.25) is 9.59 Å². The molecule has 0 saturated carbocycles. The molecule has 0 unspecified atom stereocenters. The zero-order valence-corrected chi connectivity index (χ0v) is 9.93. The predicted molar refractivity (Wildman–Crippen MR) is 63.2 cm³/mol. The van der Waals surface area contributed by atoms with Gasteiger partial charge < -0.3 is 10.2 Å². The van der Waals surface area contributed by atoms with Gasteiger partial charge >= 0.3 is 11.9 Å². The third kappa shape index (κ3) is 4.26. The molecule has 17 heavy (non-hydrogen) atoms. The van der Waals surface area contributed by atoms with Gasteiger partial charge in [-0.05, 0) is 19.4 Å². The molecule has 2 N–H and O–H groups in total. The summed E-state index contributed by atoms with van der Waals surface area (Å²) in [6.45, 7) is 3.82. The van der Waals surface area contributed by atoms with E-state index < -0.39 is 17.9 Å². The van der Waals surface area contributed by atoms with Crippen LogP contribution in [-0.4, -0.2) is 22.2 Å². The van der Waals surface area contributed by atoms with Gasteiger partial charge in [0.05, 0.1) is 12.8 Å². The summed E-state index contributed by atoms with van der Waals surface area (Å²) in [5.41, 5.74) is 2.81. The van der Waals surface area contributed by atoms with Crippen LogP contribution in [0.4, 0.5) is 0 Å². The molecular formula is C13H16O4. The normalized spacial score (nSPS) is 10.5. The summed E-state index contributed by atoms with van der Waals surface area (Å²) in [7, 11) is 0. The lowest BCUT2D eigenvalue weighted by Gasteiger charge is -2.14. The molecule has 4 heteroatoms. The van der Waals surface area contributed by atoms with E-state index in [9.17, 15) is 9.59 Å². The minimum atomic E-state index is -0.976. The Balaban J connectivity index is 3.02. The lowest BCUT2D eigenvalue weighted by Crippen LogP contribution is -2.11. The second kappa shape index (κ2) is 5.48. The van der Waals surface area contributed by atoms with Crippen molar-refractivity contribution < 1.29 is 19.8 Å². The number of carboxylic acids is 2. The smallest absolute Gasteiger partial charge is 0.303 e. The standard InChI is InChI=1S/C13H16O4/c1-8-3-9(2)5-10(4-8)11(6-12(14)15)7-13(16)17/h3-5,11H,6-7H2,1-2H3,(H,14,15)(H,16,17). The fourth-order valence-corrected chi connectivity index (χ4v) is 1.98. The van der Waals surface area contributed by atoms with Crippen LogP contribution in [0.2, 0.25) is 0 Å². The molecule has 0 aliphatic rings. The second-order valence-electron chi connectivity index (χ2n) is 4.31. The van der Waals surface area contributed by atoms with Gasteiger partial charge in [-0.15, -0.1) is 0 Å². The van der Waals surface area contributed by atoms with E-state index in [1.165, 1.54) is 0 Å². The van der Waals surface area contributed by atoms with Crippen LogP contribution in [0.25, 0.3) is 0 Å². The fourth-order valence-electron chi connectivity index (χ4n) is 1.98. The summed E-state index contributed by atoms with van der Waals surface area (Å²) in [5, 5.41) is 17.6. The Bertz CT molecular complexity index is 401. The number of rotatable bonds is 5. The molecule has 0 heterocycles. The number of hydrogen-bond acceptors (Lipinski definition) is 2. The van der Waals surface area contributed by atoms with Crippen LogP contribution in [0.5, 0.6) is 0 Å². The van der Waals surface area contributed by atoms with Crippen molar-refractivity contribution in [3.05, 3.63) is 34.9 Å². The first-order valence-corrected chi connectivity index (χ1v) is 5.40. The first-order valence-electron chi connectivity index (χ1n) is 5.40. The van der Waals surface area contributed by atoms with E-state index in [1.807, 2.05) is 32.0 Å². The Hall–Kier alpha value is -1.84. The van der Waals surface area contributed by atoms with E-state index >= 15 is 0 Å². The molecule has 4 nitrogen and oxygen atoms in total. The van der Waals surface area contributed by atoms with Crippen LogP contribution in [0, 0.1) is 13.8 Å². The molecule has 1 rings (SSSR count). The Kier molecular flexibility index (Phi) is 4.26. The van der Waals surface area contributed by atoms with Crippen molar-refractivity contribution in [3.63, 3.8) is 0 Å². The number of aliphatic carboxylic acids is 2. The highest BCUT2D eigenvalue weighted by molar-refractivity contribution is 5.72. The van der Waals surface area contributed by atoms with Gasteiger partial charge in [0.15, 0.2) is 0 Å². The van der Waals surface area contributed by atoms with E-state index in [4.69, 9.17) is 10.2 Å². The highest BCUT2D eigenvalue weighted by Crippen LogP contribution is 2.25. The molecule has 0 spiro atoms. The first kappa shape index (κ1) is 13.2. The third-order valence-electron chi connectivity index (χ3n) is 2.56. The maximum absolute atomic E-state index is 10.7. The minimum Gasteiger partial charge on any atom is -0.481 e. The van der Waals surface area contributed by atoms with Crippen molar-refractivity contribution in [2.24, 2.45) is 0 Å². The predicted octanol–water partition coefficient (Wildman–Crippen LogP) is 2.34. The number of benzene rings is 1. The molecular weight excluding hydrogens is 220 g/mol.